The molecule has 1 saturated heterocycles. The van der Waals surface area contributed by atoms with Crippen molar-refractivity contribution < 1.29 is 29.6 Å². The third kappa shape index (κ3) is 5.03. The van der Waals surface area contributed by atoms with E-state index in [1.807, 2.05) is 7.05 Å². The molecule has 0 aliphatic carbocycles. The maximum absolute atomic E-state index is 10.5. The number of carbonyl (C=O) groups excluding carboxylic acids is 1. The average molecular weight is 210 g/mol. The summed E-state index contributed by atoms with van der Waals surface area (Å²) in [7, 11) is 1.84. The summed E-state index contributed by atoms with van der Waals surface area (Å²) in [5.41, 5.74) is 0. The minimum Gasteiger partial charge on any atom is -1.00 e. The number of carbonyl (C=O) groups is 1. The van der Waals surface area contributed by atoms with E-state index in [-0.39, 0.29) is 62.6 Å². The van der Waals surface area contributed by atoms with Crippen molar-refractivity contribution in [2.45, 2.75) is 12.8 Å². The van der Waals surface area contributed by atoms with Crippen LogP contribution < -0.4 is 24.8 Å². The molecule has 0 unspecified atom stereocenters. The smallest absolute Gasteiger partial charge is 1.00 e. The zero-order valence-electron chi connectivity index (χ0n) is 5.94. The predicted octanol–water partition coefficient (Wildman–Crippen LogP) is -6.13. The van der Waals surface area contributed by atoms with Crippen LogP contribution in [0.3, 0.4) is 0 Å². The largest absolute Gasteiger partial charge is 2.00 e. The van der Waals surface area contributed by atoms with Crippen LogP contribution in [0.5, 0.6) is 0 Å². The molecule has 0 radical (unpaired) electrons. The van der Waals surface area contributed by atoms with Crippen LogP contribution in [0.4, 0.5) is 0 Å². The molecule has 2 nitrogen and oxygen atoms in total. The summed E-state index contributed by atoms with van der Waals surface area (Å²) in [6.07, 6.45) is 1.81. The molecule has 1 rings (SSSR count). The van der Waals surface area contributed by atoms with Gasteiger partial charge in [-0.3, -0.25) is 4.79 Å². The molecule has 0 spiro atoms. The Kier molecular flexibility index (Phi) is 14.6. The van der Waals surface area contributed by atoms with Crippen molar-refractivity contribution in [2.24, 2.45) is 0 Å². The fourth-order valence-corrected chi connectivity index (χ4v) is 0.783. The monoisotopic (exact) mass is 209 g/mol. The van der Waals surface area contributed by atoms with E-state index in [1.54, 1.807) is 4.90 Å². The van der Waals surface area contributed by atoms with Crippen molar-refractivity contribution in [3.63, 3.8) is 0 Å². The molecule has 10 heavy (non-hydrogen) atoms. The average Bonchev–Trinajstić information content (AvgIpc) is 1.91. The van der Waals surface area contributed by atoms with Gasteiger partial charge < -0.3 is 29.7 Å². The third-order valence-corrected chi connectivity index (χ3v) is 1.31. The molecule has 1 fully saturated rings. The number of amides is 1. The molecule has 0 aromatic heterocycles. The predicted molar refractivity (Wildman–Crippen MR) is 32.6 cm³/mol. The van der Waals surface area contributed by atoms with Crippen LogP contribution >= 0.6 is 0 Å². The van der Waals surface area contributed by atoms with Gasteiger partial charge in [0.1, 0.15) is 0 Å². The Balaban J connectivity index is -0.000000163. The minimum absolute atomic E-state index is 0. The maximum atomic E-state index is 10.5. The van der Waals surface area contributed by atoms with Gasteiger partial charge in [0, 0.05) is 20.0 Å². The fraction of sp³-hybridized carbons (Fsp3) is 0.800. The van der Waals surface area contributed by atoms with E-state index in [0.717, 1.165) is 19.4 Å². The van der Waals surface area contributed by atoms with Crippen molar-refractivity contribution in [2.75, 3.05) is 13.6 Å². The Morgan fingerprint density at radius 1 is 1.40 bits per heavy atom. The fourth-order valence-electron chi connectivity index (χ4n) is 0.783. The molecule has 1 aliphatic heterocycles. The summed E-state index contributed by atoms with van der Waals surface area (Å²) < 4.78 is 0. The van der Waals surface area contributed by atoms with Gasteiger partial charge in [0.25, 0.3) is 0 Å². The van der Waals surface area contributed by atoms with Crippen molar-refractivity contribution in [3.8, 4) is 0 Å². The summed E-state index contributed by atoms with van der Waals surface area (Å²) >= 11 is 0. The molecule has 0 aromatic rings. The zero-order valence-corrected chi connectivity index (χ0v) is 9.66. The first-order valence-corrected chi connectivity index (χ1v) is 2.54. The van der Waals surface area contributed by atoms with Crippen molar-refractivity contribution in [1.82, 2.24) is 4.90 Å². The van der Waals surface area contributed by atoms with Crippen molar-refractivity contribution >= 4 is 43.6 Å². The van der Waals surface area contributed by atoms with Gasteiger partial charge >= 0.3 is 37.7 Å². The molecule has 0 N–H and O–H groups in total. The van der Waals surface area contributed by atoms with E-state index in [2.05, 4.69) is 0 Å². The van der Waals surface area contributed by atoms with E-state index < -0.39 is 0 Å². The Labute approximate surface area is 104 Å². The van der Waals surface area contributed by atoms with E-state index in [1.165, 1.54) is 0 Å². The second-order valence-corrected chi connectivity index (χ2v) is 1.92. The quantitative estimate of drug-likeness (QED) is 0.364. The molecule has 5 heteroatoms. The van der Waals surface area contributed by atoms with Crippen LogP contribution in [0.15, 0.2) is 0 Å². The minimum atomic E-state index is 0. The van der Waals surface area contributed by atoms with E-state index in [4.69, 9.17) is 0 Å². The Hall–Kier alpha value is 1.31. The first-order chi connectivity index (χ1) is 3.30. The molecule has 0 atom stereocenters. The number of halogens is 2. The number of rotatable bonds is 0. The van der Waals surface area contributed by atoms with Crippen LogP contribution in [-0.2, 0) is 4.79 Å². The van der Waals surface area contributed by atoms with Crippen LogP contribution in [0.1, 0.15) is 12.8 Å². The van der Waals surface area contributed by atoms with Gasteiger partial charge in [-0.05, 0) is 6.42 Å². The van der Waals surface area contributed by atoms with E-state index >= 15 is 0 Å². The van der Waals surface area contributed by atoms with Gasteiger partial charge in [0.05, 0.1) is 0 Å². The van der Waals surface area contributed by atoms with Gasteiger partial charge in [-0.15, -0.1) is 0 Å². The van der Waals surface area contributed by atoms with Crippen LogP contribution in [-0.4, -0.2) is 62.1 Å². The van der Waals surface area contributed by atoms with Gasteiger partial charge in [-0.25, -0.2) is 0 Å². The maximum Gasteiger partial charge on any atom is 2.00 e. The van der Waals surface area contributed by atoms with E-state index in [9.17, 15) is 4.79 Å². The second-order valence-electron chi connectivity index (χ2n) is 1.92. The summed E-state index contributed by atoms with van der Waals surface area (Å²) in [5.74, 6) is 0.292. The number of hydrogen-bond donors (Lipinski definition) is 0. The molecule has 1 amide bonds. The van der Waals surface area contributed by atoms with Crippen LogP contribution in [0.2, 0.25) is 0 Å². The molecular formula is C5H9CaCl2NO. The molecule has 1 heterocycles. The molecule has 0 bridgehead atoms. The topological polar surface area (TPSA) is 20.3 Å². The molecule has 0 saturated carbocycles. The summed E-state index contributed by atoms with van der Waals surface area (Å²) in [5, 5.41) is 0. The first kappa shape index (κ1) is 17.4. The Bertz CT molecular complexity index is 102. The summed E-state index contributed by atoms with van der Waals surface area (Å²) in [4.78, 5) is 12.3. The first-order valence-electron chi connectivity index (χ1n) is 2.54. The van der Waals surface area contributed by atoms with Gasteiger partial charge in [-0.1, -0.05) is 0 Å². The zero-order chi connectivity index (χ0) is 5.28. The molecule has 1 aliphatic rings. The van der Waals surface area contributed by atoms with Crippen LogP contribution in [0, 0.1) is 0 Å². The number of hydrogen-bond acceptors (Lipinski definition) is 1. The summed E-state index contributed by atoms with van der Waals surface area (Å²) in [6.45, 7) is 0.957. The summed E-state index contributed by atoms with van der Waals surface area (Å²) in [6, 6.07) is 0. The number of likely N-dealkylation sites (tertiary alicyclic amines) is 1. The van der Waals surface area contributed by atoms with Gasteiger partial charge in [0.2, 0.25) is 5.91 Å². The molecule has 0 aromatic carbocycles. The standard InChI is InChI=1S/C5H9NO.Ca.2ClH/c1-6-4-2-3-5(6)7;;;/h2-4H2,1H3;;2*1H/q;+2;;/p-2. The molecule has 56 valence electrons. The Morgan fingerprint density at radius 2 is 1.90 bits per heavy atom. The second kappa shape index (κ2) is 8.41. The van der Waals surface area contributed by atoms with Crippen LogP contribution in [0.25, 0.3) is 0 Å². The van der Waals surface area contributed by atoms with Crippen molar-refractivity contribution in [3.05, 3.63) is 0 Å². The van der Waals surface area contributed by atoms with E-state index in [0.29, 0.717) is 5.91 Å². The van der Waals surface area contributed by atoms with Gasteiger partial charge in [-0.2, -0.15) is 0 Å². The van der Waals surface area contributed by atoms with Crippen molar-refractivity contribution in [1.29, 1.82) is 0 Å². The normalized spacial score (nSPS) is 14.9. The van der Waals surface area contributed by atoms with Gasteiger partial charge in [0.15, 0.2) is 0 Å². The SMILES string of the molecule is CN1CCCC1=O.[Ca+2].[Cl-].[Cl-]. The third-order valence-electron chi connectivity index (χ3n) is 1.31. The Morgan fingerprint density at radius 3 is 2.00 bits per heavy atom. The number of nitrogens with zero attached hydrogens (tertiary/aromatic N) is 1. The molecular weight excluding hydrogens is 201 g/mol.